The molecule has 8 heteroatoms. The highest BCUT2D eigenvalue weighted by molar-refractivity contribution is 7.89. The van der Waals surface area contributed by atoms with Crippen molar-refractivity contribution in [1.29, 1.82) is 5.26 Å². The van der Waals surface area contributed by atoms with Gasteiger partial charge in [-0.05, 0) is 31.2 Å². The summed E-state index contributed by atoms with van der Waals surface area (Å²) in [5.74, 6) is -1.26. The number of nitrogens with zero attached hydrogens (tertiary/aromatic N) is 2. The summed E-state index contributed by atoms with van der Waals surface area (Å²) in [6.07, 6.45) is 0. The molecule has 0 amide bonds. The van der Waals surface area contributed by atoms with Gasteiger partial charge in [0.1, 0.15) is 5.75 Å². The van der Waals surface area contributed by atoms with E-state index in [1.54, 1.807) is 6.92 Å². The molecule has 114 valence electrons. The van der Waals surface area contributed by atoms with Crippen LogP contribution >= 0.6 is 0 Å². The summed E-state index contributed by atoms with van der Waals surface area (Å²) in [4.78, 5) is 10.4. The first-order chi connectivity index (χ1) is 9.77. The predicted octanol–water partition coefficient (Wildman–Crippen LogP) is 0.930. The number of nitriles is 1. The van der Waals surface area contributed by atoms with Crippen LogP contribution in [0.1, 0.15) is 6.92 Å². The van der Waals surface area contributed by atoms with Gasteiger partial charge in [0.05, 0.1) is 16.9 Å². The molecule has 0 saturated carbocycles. The topological polar surface area (TPSA) is 108 Å². The van der Waals surface area contributed by atoms with Crippen LogP contribution in [0.25, 0.3) is 0 Å². The first kappa shape index (κ1) is 16.9. The number of hydrogen-bond donors (Lipinski definition) is 1. The highest BCUT2D eigenvalue weighted by Gasteiger charge is 2.22. The maximum atomic E-state index is 12.2. The number of hydrogen-bond acceptors (Lipinski definition) is 5. The average Bonchev–Trinajstić information content (AvgIpc) is 2.45. The number of aliphatic carboxylic acids is 1. The van der Waals surface area contributed by atoms with Gasteiger partial charge in [-0.3, -0.25) is 0 Å². The summed E-state index contributed by atoms with van der Waals surface area (Å²) in [5.41, 5.74) is 0. The van der Waals surface area contributed by atoms with Crippen LogP contribution in [0.4, 0.5) is 0 Å². The second-order valence-electron chi connectivity index (χ2n) is 4.47. The van der Waals surface area contributed by atoms with E-state index in [0.29, 0.717) is 0 Å². The molecule has 1 unspecified atom stereocenters. The molecule has 1 aromatic carbocycles. The van der Waals surface area contributed by atoms with Gasteiger partial charge in [0.25, 0.3) is 0 Å². The SMILES string of the molecule is CC(C#N)CN(C)S(=O)(=O)c1ccc(OCC(=O)O)cc1. The Bertz CT molecular complexity index is 634. The highest BCUT2D eigenvalue weighted by Crippen LogP contribution is 2.19. The Kier molecular flexibility index (Phi) is 5.69. The summed E-state index contributed by atoms with van der Waals surface area (Å²) < 4.78 is 30.5. The van der Waals surface area contributed by atoms with E-state index in [2.05, 4.69) is 0 Å². The largest absolute Gasteiger partial charge is 0.482 e. The molecule has 0 aliphatic carbocycles. The summed E-state index contributed by atoms with van der Waals surface area (Å²) in [7, 11) is -2.28. The number of sulfonamides is 1. The molecule has 0 heterocycles. The van der Waals surface area contributed by atoms with Crippen molar-refractivity contribution in [1.82, 2.24) is 4.31 Å². The summed E-state index contributed by atoms with van der Waals surface area (Å²) in [6.45, 7) is 1.23. The minimum absolute atomic E-state index is 0.0535. The molecule has 1 atom stereocenters. The number of carbonyl (C=O) groups is 1. The van der Waals surface area contributed by atoms with Crippen molar-refractivity contribution >= 4 is 16.0 Å². The molecule has 1 N–H and O–H groups in total. The second-order valence-corrected chi connectivity index (χ2v) is 6.51. The van der Waals surface area contributed by atoms with Crippen molar-refractivity contribution in [2.45, 2.75) is 11.8 Å². The van der Waals surface area contributed by atoms with Crippen LogP contribution in [-0.4, -0.2) is 44.0 Å². The molecule has 0 fully saturated rings. The van der Waals surface area contributed by atoms with Crippen LogP contribution in [-0.2, 0) is 14.8 Å². The fourth-order valence-electron chi connectivity index (χ4n) is 1.56. The van der Waals surface area contributed by atoms with E-state index < -0.39 is 28.5 Å². The van der Waals surface area contributed by atoms with Crippen molar-refractivity contribution in [3.8, 4) is 11.8 Å². The minimum atomic E-state index is -3.68. The third-order valence-electron chi connectivity index (χ3n) is 2.65. The number of carboxylic acid groups (broad SMARTS) is 1. The lowest BCUT2D eigenvalue weighted by atomic mass is 10.2. The van der Waals surface area contributed by atoms with Crippen LogP contribution in [0.2, 0.25) is 0 Å². The molecule has 21 heavy (non-hydrogen) atoms. The second kappa shape index (κ2) is 7.06. The van der Waals surface area contributed by atoms with E-state index in [1.807, 2.05) is 6.07 Å². The van der Waals surface area contributed by atoms with E-state index in [9.17, 15) is 13.2 Å². The molecule has 1 rings (SSSR count). The summed E-state index contributed by atoms with van der Waals surface area (Å²) >= 11 is 0. The van der Waals surface area contributed by atoms with Gasteiger partial charge >= 0.3 is 5.97 Å². The predicted molar refractivity (Wildman–Crippen MR) is 74.2 cm³/mol. The Balaban J connectivity index is 2.85. The molecule has 0 bridgehead atoms. The normalized spacial score (nSPS) is 12.7. The van der Waals surface area contributed by atoms with E-state index in [-0.39, 0.29) is 17.2 Å². The van der Waals surface area contributed by atoms with Gasteiger partial charge in [0.15, 0.2) is 6.61 Å². The van der Waals surface area contributed by atoms with E-state index in [0.717, 1.165) is 4.31 Å². The van der Waals surface area contributed by atoms with Crippen LogP contribution < -0.4 is 4.74 Å². The van der Waals surface area contributed by atoms with E-state index in [4.69, 9.17) is 15.1 Å². The Morgan fingerprint density at radius 2 is 2.00 bits per heavy atom. The zero-order valence-corrected chi connectivity index (χ0v) is 12.5. The molecular weight excluding hydrogens is 296 g/mol. The molecule has 0 saturated heterocycles. The van der Waals surface area contributed by atoms with Gasteiger partial charge in [-0.2, -0.15) is 9.57 Å². The molecule has 0 aliphatic heterocycles. The first-order valence-electron chi connectivity index (χ1n) is 6.08. The Hall–Kier alpha value is -2.11. The van der Waals surface area contributed by atoms with Crippen LogP contribution in [0.3, 0.4) is 0 Å². The Morgan fingerprint density at radius 3 is 2.48 bits per heavy atom. The van der Waals surface area contributed by atoms with Gasteiger partial charge in [-0.1, -0.05) is 0 Å². The monoisotopic (exact) mass is 312 g/mol. The highest BCUT2D eigenvalue weighted by atomic mass is 32.2. The van der Waals surface area contributed by atoms with Gasteiger partial charge in [-0.15, -0.1) is 0 Å². The quantitative estimate of drug-likeness (QED) is 0.802. The summed E-state index contributed by atoms with van der Waals surface area (Å²) in [6, 6.07) is 7.41. The maximum Gasteiger partial charge on any atom is 0.341 e. The summed E-state index contributed by atoms with van der Waals surface area (Å²) in [5, 5.41) is 17.2. The molecule has 0 spiro atoms. The molecule has 0 aliphatic rings. The lowest BCUT2D eigenvalue weighted by Crippen LogP contribution is -2.30. The third-order valence-corrected chi connectivity index (χ3v) is 4.48. The standard InChI is InChI=1S/C13H16N2O5S/c1-10(7-14)8-15(2)21(18,19)12-5-3-11(4-6-12)20-9-13(16)17/h3-6,10H,8-9H2,1-2H3,(H,16,17). The van der Waals surface area contributed by atoms with Crippen LogP contribution in [0.15, 0.2) is 29.2 Å². The molecule has 7 nitrogen and oxygen atoms in total. The van der Waals surface area contributed by atoms with Crippen molar-refractivity contribution in [2.24, 2.45) is 5.92 Å². The molecule has 0 aromatic heterocycles. The molecular formula is C13H16N2O5S. The van der Waals surface area contributed by atoms with Gasteiger partial charge in [0.2, 0.25) is 10.0 Å². The third kappa shape index (κ3) is 4.73. The maximum absolute atomic E-state index is 12.2. The number of carboxylic acids is 1. The zero-order valence-electron chi connectivity index (χ0n) is 11.7. The smallest absolute Gasteiger partial charge is 0.341 e. The van der Waals surface area contributed by atoms with Crippen molar-refractivity contribution in [2.75, 3.05) is 20.2 Å². The average molecular weight is 312 g/mol. The number of rotatable bonds is 7. The molecule has 1 aromatic rings. The van der Waals surface area contributed by atoms with Crippen molar-refractivity contribution < 1.29 is 23.1 Å². The number of ether oxygens (including phenoxy) is 1. The fourth-order valence-corrected chi connectivity index (χ4v) is 2.82. The lowest BCUT2D eigenvalue weighted by molar-refractivity contribution is -0.139. The van der Waals surface area contributed by atoms with E-state index in [1.165, 1.54) is 31.3 Å². The lowest BCUT2D eigenvalue weighted by Gasteiger charge is -2.18. The number of benzene rings is 1. The first-order valence-corrected chi connectivity index (χ1v) is 7.52. The van der Waals surface area contributed by atoms with Crippen LogP contribution in [0, 0.1) is 17.2 Å². The van der Waals surface area contributed by atoms with Gasteiger partial charge in [0, 0.05) is 13.6 Å². The van der Waals surface area contributed by atoms with Gasteiger partial charge in [-0.25, -0.2) is 13.2 Å². The van der Waals surface area contributed by atoms with Crippen LogP contribution in [0.5, 0.6) is 5.75 Å². The Morgan fingerprint density at radius 1 is 1.43 bits per heavy atom. The minimum Gasteiger partial charge on any atom is -0.482 e. The fraction of sp³-hybridized carbons (Fsp3) is 0.385. The van der Waals surface area contributed by atoms with Gasteiger partial charge < -0.3 is 9.84 Å². The zero-order chi connectivity index (χ0) is 16.0. The van der Waals surface area contributed by atoms with E-state index >= 15 is 0 Å². The molecule has 0 radical (unpaired) electrons. The van der Waals surface area contributed by atoms with Crippen molar-refractivity contribution in [3.05, 3.63) is 24.3 Å². The Labute approximate surface area is 123 Å². The van der Waals surface area contributed by atoms with Crippen molar-refractivity contribution in [3.63, 3.8) is 0 Å².